The van der Waals surface area contributed by atoms with Crippen molar-refractivity contribution in [3.63, 3.8) is 0 Å². The number of carbonyl (C=O) groups excluding carboxylic acids is 1. The lowest BCUT2D eigenvalue weighted by Gasteiger charge is -2.21. The third-order valence-electron chi connectivity index (χ3n) is 2.54. The van der Waals surface area contributed by atoms with Gasteiger partial charge in [0.1, 0.15) is 5.82 Å². The molecule has 0 aliphatic heterocycles. The Kier molecular flexibility index (Phi) is 5.58. The van der Waals surface area contributed by atoms with Gasteiger partial charge in [0.2, 0.25) is 5.91 Å². The predicted molar refractivity (Wildman–Crippen MR) is 69.9 cm³/mol. The van der Waals surface area contributed by atoms with E-state index in [1.165, 1.54) is 12.1 Å². The maximum absolute atomic E-state index is 13.0. The van der Waals surface area contributed by atoms with Gasteiger partial charge in [-0.25, -0.2) is 4.39 Å². The Labute approximate surface area is 107 Å². The van der Waals surface area contributed by atoms with Crippen molar-refractivity contribution in [2.45, 2.75) is 20.8 Å². The summed E-state index contributed by atoms with van der Waals surface area (Å²) >= 11 is 0. The van der Waals surface area contributed by atoms with Crippen molar-refractivity contribution >= 4 is 24.0 Å². The van der Waals surface area contributed by atoms with E-state index in [-0.39, 0.29) is 30.7 Å². The van der Waals surface area contributed by atoms with Crippen LogP contribution in [0, 0.1) is 18.2 Å². The number of hydrogen-bond acceptors (Lipinski definition) is 2. The van der Waals surface area contributed by atoms with Gasteiger partial charge in [0.25, 0.3) is 0 Å². The first-order valence-electron chi connectivity index (χ1n) is 5.14. The number of halogens is 2. The molecule has 0 unspecified atom stereocenters. The zero-order valence-corrected chi connectivity index (χ0v) is 11.0. The van der Waals surface area contributed by atoms with E-state index in [0.29, 0.717) is 11.3 Å². The van der Waals surface area contributed by atoms with Crippen LogP contribution in [0.25, 0.3) is 0 Å². The molecule has 17 heavy (non-hydrogen) atoms. The molecule has 3 N–H and O–H groups in total. The summed E-state index contributed by atoms with van der Waals surface area (Å²) in [5.41, 5.74) is 5.96. The molecule has 0 radical (unpaired) electrons. The Morgan fingerprint density at radius 2 is 2.06 bits per heavy atom. The van der Waals surface area contributed by atoms with Crippen LogP contribution in [0.15, 0.2) is 18.2 Å². The largest absolute Gasteiger partial charge is 0.329 e. The van der Waals surface area contributed by atoms with Gasteiger partial charge in [-0.15, -0.1) is 12.4 Å². The molecule has 0 bridgehead atoms. The zero-order valence-electron chi connectivity index (χ0n) is 10.2. The molecule has 0 fully saturated rings. The van der Waals surface area contributed by atoms with Crippen LogP contribution in [-0.4, -0.2) is 12.5 Å². The Morgan fingerprint density at radius 1 is 1.47 bits per heavy atom. The summed E-state index contributed by atoms with van der Waals surface area (Å²) in [6.45, 7) is 5.44. The first-order chi connectivity index (χ1) is 7.36. The van der Waals surface area contributed by atoms with Crippen molar-refractivity contribution in [1.82, 2.24) is 0 Å². The van der Waals surface area contributed by atoms with Gasteiger partial charge in [0, 0.05) is 12.2 Å². The number of hydrogen-bond donors (Lipinski definition) is 2. The van der Waals surface area contributed by atoms with E-state index in [2.05, 4.69) is 5.32 Å². The fourth-order valence-corrected chi connectivity index (χ4v) is 1.12. The number of anilines is 1. The Morgan fingerprint density at radius 3 is 2.53 bits per heavy atom. The number of benzene rings is 1. The van der Waals surface area contributed by atoms with Crippen molar-refractivity contribution in [3.8, 4) is 0 Å². The topological polar surface area (TPSA) is 55.1 Å². The van der Waals surface area contributed by atoms with Gasteiger partial charge in [-0.05, 0) is 44.5 Å². The van der Waals surface area contributed by atoms with Crippen molar-refractivity contribution in [2.24, 2.45) is 11.1 Å². The Balaban J connectivity index is 0.00000256. The SMILES string of the molecule is Cc1cc(NC(=O)C(C)(C)CN)ccc1F.Cl. The molecule has 0 aromatic heterocycles. The summed E-state index contributed by atoms with van der Waals surface area (Å²) in [4.78, 5) is 11.8. The average molecular weight is 261 g/mol. The van der Waals surface area contributed by atoms with Crippen molar-refractivity contribution < 1.29 is 9.18 Å². The quantitative estimate of drug-likeness (QED) is 0.877. The summed E-state index contributed by atoms with van der Waals surface area (Å²) in [7, 11) is 0. The Bertz CT molecular complexity index is 407. The van der Waals surface area contributed by atoms with E-state index >= 15 is 0 Å². The summed E-state index contributed by atoms with van der Waals surface area (Å²) < 4.78 is 13.0. The minimum absolute atomic E-state index is 0. The molecule has 1 aromatic rings. The molecule has 0 heterocycles. The zero-order chi connectivity index (χ0) is 12.3. The number of aryl methyl sites for hydroxylation is 1. The fourth-order valence-electron chi connectivity index (χ4n) is 1.12. The average Bonchev–Trinajstić information content (AvgIpc) is 2.23. The van der Waals surface area contributed by atoms with Crippen LogP contribution in [0.4, 0.5) is 10.1 Å². The highest BCUT2D eigenvalue weighted by Gasteiger charge is 2.25. The molecule has 0 atom stereocenters. The van der Waals surface area contributed by atoms with Gasteiger partial charge in [-0.1, -0.05) is 0 Å². The number of rotatable bonds is 3. The normalized spacial score (nSPS) is 10.6. The third kappa shape index (κ3) is 3.98. The van der Waals surface area contributed by atoms with E-state index < -0.39 is 5.41 Å². The van der Waals surface area contributed by atoms with Crippen LogP contribution in [0.2, 0.25) is 0 Å². The molecule has 0 spiro atoms. The van der Waals surface area contributed by atoms with Gasteiger partial charge in [0.15, 0.2) is 0 Å². The highest BCUT2D eigenvalue weighted by atomic mass is 35.5. The van der Waals surface area contributed by atoms with Gasteiger partial charge in [-0.2, -0.15) is 0 Å². The van der Waals surface area contributed by atoms with E-state index in [4.69, 9.17) is 5.73 Å². The number of carbonyl (C=O) groups is 1. The lowest BCUT2D eigenvalue weighted by molar-refractivity contribution is -0.123. The first kappa shape index (κ1) is 15.9. The standard InChI is InChI=1S/C12H17FN2O.ClH/c1-8-6-9(4-5-10(8)13)15-11(16)12(2,3)7-14;/h4-6H,7,14H2,1-3H3,(H,15,16);1H. The lowest BCUT2D eigenvalue weighted by Crippen LogP contribution is -2.37. The van der Waals surface area contributed by atoms with Crippen LogP contribution in [0.3, 0.4) is 0 Å². The van der Waals surface area contributed by atoms with Gasteiger partial charge in [-0.3, -0.25) is 4.79 Å². The van der Waals surface area contributed by atoms with Crippen molar-refractivity contribution in [3.05, 3.63) is 29.6 Å². The van der Waals surface area contributed by atoms with E-state index in [9.17, 15) is 9.18 Å². The minimum atomic E-state index is -0.623. The second kappa shape index (κ2) is 5.98. The van der Waals surface area contributed by atoms with Crippen LogP contribution in [0.5, 0.6) is 0 Å². The van der Waals surface area contributed by atoms with Crippen LogP contribution in [-0.2, 0) is 4.79 Å². The van der Waals surface area contributed by atoms with Crippen LogP contribution < -0.4 is 11.1 Å². The number of amides is 1. The molecule has 5 heteroatoms. The molecule has 96 valence electrons. The maximum atomic E-state index is 13.0. The van der Waals surface area contributed by atoms with E-state index in [0.717, 1.165) is 0 Å². The van der Waals surface area contributed by atoms with Crippen LogP contribution in [0.1, 0.15) is 19.4 Å². The summed E-state index contributed by atoms with van der Waals surface area (Å²) in [5, 5.41) is 2.72. The molecule has 0 saturated carbocycles. The smallest absolute Gasteiger partial charge is 0.231 e. The lowest BCUT2D eigenvalue weighted by atomic mass is 9.92. The summed E-state index contributed by atoms with van der Waals surface area (Å²) in [5.74, 6) is -0.447. The molecular formula is C12H18ClFN2O. The molecule has 0 aliphatic rings. The van der Waals surface area contributed by atoms with E-state index in [1.54, 1.807) is 26.8 Å². The van der Waals surface area contributed by atoms with Crippen molar-refractivity contribution in [2.75, 3.05) is 11.9 Å². The molecule has 3 nitrogen and oxygen atoms in total. The van der Waals surface area contributed by atoms with Crippen LogP contribution >= 0.6 is 12.4 Å². The molecule has 1 aromatic carbocycles. The van der Waals surface area contributed by atoms with Crippen molar-refractivity contribution in [1.29, 1.82) is 0 Å². The fraction of sp³-hybridized carbons (Fsp3) is 0.417. The molecule has 0 saturated heterocycles. The number of nitrogens with one attached hydrogen (secondary N) is 1. The molecule has 1 rings (SSSR count). The Hall–Kier alpha value is -1.13. The first-order valence-corrected chi connectivity index (χ1v) is 5.14. The van der Waals surface area contributed by atoms with Gasteiger partial charge >= 0.3 is 0 Å². The second-order valence-electron chi connectivity index (χ2n) is 4.51. The predicted octanol–water partition coefficient (Wildman–Crippen LogP) is 2.48. The highest BCUT2D eigenvalue weighted by Crippen LogP contribution is 2.18. The highest BCUT2D eigenvalue weighted by molar-refractivity contribution is 5.95. The maximum Gasteiger partial charge on any atom is 0.231 e. The molecule has 0 aliphatic carbocycles. The molecular weight excluding hydrogens is 243 g/mol. The monoisotopic (exact) mass is 260 g/mol. The van der Waals surface area contributed by atoms with Gasteiger partial charge in [0.05, 0.1) is 5.41 Å². The minimum Gasteiger partial charge on any atom is -0.329 e. The molecule has 1 amide bonds. The second-order valence-corrected chi connectivity index (χ2v) is 4.51. The van der Waals surface area contributed by atoms with E-state index in [1.807, 2.05) is 0 Å². The number of nitrogens with two attached hydrogens (primary N) is 1. The van der Waals surface area contributed by atoms with Gasteiger partial charge < -0.3 is 11.1 Å². The summed E-state index contributed by atoms with van der Waals surface area (Å²) in [6.07, 6.45) is 0. The summed E-state index contributed by atoms with van der Waals surface area (Å²) in [6, 6.07) is 4.47. The third-order valence-corrected chi connectivity index (χ3v) is 2.54.